The lowest BCUT2D eigenvalue weighted by Crippen LogP contribution is -2.49. The first-order valence-corrected chi connectivity index (χ1v) is 7.89. The highest BCUT2D eigenvalue weighted by molar-refractivity contribution is 5.86. The minimum Gasteiger partial charge on any atom is -0.481 e. The Labute approximate surface area is 129 Å². The third kappa shape index (κ3) is 2.05. The number of aliphatic carboxylic acids is 1. The van der Waals surface area contributed by atoms with E-state index >= 15 is 0 Å². The van der Waals surface area contributed by atoms with Gasteiger partial charge in [-0.05, 0) is 35.7 Å². The molecular formula is C18H19NO3. The summed E-state index contributed by atoms with van der Waals surface area (Å²) in [4.78, 5) is 24.3. The molecule has 6 atom stereocenters. The van der Waals surface area contributed by atoms with Crippen molar-refractivity contribution in [1.82, 2.24) is 5.32 Å². The number of hydrogen-bond acceptors (Lipinski definition) is 2. The predicted octanol–water partition coefficient (Wildman–Crippen LogP) is 2.07. The SMILES string of the molecule is O=C(O)[C@@H]1[C@H]2C=C[C@@H]([C@@H]3C[C@H]23)[C@H]1C(=O)NCc1ccccc1. The van der Waals surface area contributed by atoms with Gasteiger partial charge in [-0.25, -0.2) is 0 Å². The molecule has 0 heterocycles. The second kappa shape index (κ2) is 4.97. The van der Waals surface area contributed by atoms with Gasteiger partial charge in [-0.15, -0.1) is 0 Å². The van der Waals surface area contributed by atoms with Gasteiger partial charge in [0.25, 0.3) is 0 Å². The monoisotopic (exact) mass is 297 g/mol. The van der Waals surface area contributed by atoms with Crippen molar-refractivity contribution in [3.8, 4) is 0 Å². The fourth-order valence-corrected chi connectivity index (χ4v) is 4.47. The molecular weight excluding hydrogens is 278 g/mol. The number of nitrogens with one attached hydrogen (secondary N) is 1. The topological polar surface area (TPSA) is 66.4 Å². The van der Waals surface area contributed by atoms with Crippen molar-refractivity contribution < 1.29 is 14.7 Å². The van der Waals surface area contributed by atoms with E-state index in [-0.39, 0.29) is 17.7 Å². The van der Waals surface area contributed by atoms with E-state index in [4.69, 9.17) is 0 Å². The van der Waals surface area contributed by atoms with Crippen LogP contribution in [0.5, 0.6) is 0 Å². The van der Waals surface area contributed by atoms with Crippen LogP contribution in [-0.2, 0) is 16.1 Å². The Bertz CT molecular complexity index is 639. The molecule has 1 amide bonds. The van der Waals surface area contributed by atoms with E-state index in [0.29, 0.717) is 18.4 Å². The zero-order valence-electron chi connectivity index (χ0n) is 12.2. The van der Waals surface area contributed by atoms with Crippen LogP contribution in [-0.4, -0.2) is 17.0 Å². The molecule has 0 aromatic heterocycles. The average Bonchev–Trinajstić information content (AvgIpc) is 3.35. The van der Waals surface area contributed by atoms with Crippen molar-refractivity contribution in [2.24, 2.45) is 35.5 Å². The Kier molecular flexibility index (Phi) is 3.06. The van der Waals surface area contributed by atoms with Crippen molar-refractivity contribution >= 4 is 11.9 Å². The van der Waals surface area contributed by atoms with Crippen molar-refractivity contribution in [3.63, 3.8) is 0 Å². The number of hydrogen-bond donors (Lipinski definition) is 2. The van der Waals surface area contributed by atoms with E-state index < -0.39 is 17.8 Å². The van der Waals surface area contributed by atoms with Crippen LogP contribution in [0.3, 0.4) is 0 Å². The molecule has 0 radical (unpaired) electrons. The van der Waals surface area contributed by atoms with Crippen LogP contribution < -0.4 is 5.32 Å². The Balaban J connectivity index is 1.51. The molecule has 5 rings (SSSR count). The first kappa shape index (κ1) is 13.6. The molecule has 114 valence electrons. The van der Waals surface area contributed by atoms with Gasteiger partial charge < -0.3 is 10.4 Å². The summed E-state index contributed by atoms with van der Waals surface area (Å²) in [5, 5.41) is 12.5. The Hall–Kier alpha value is -2.10. The van der Waals surface area contributed by atoms with E-state index in [1.54, 1.807) is 0 Å². The summed E-state index contributed by atoms with van der Waals surface area (Å²) in [6.45, 7) is 0.456. The third-order valence-electron chi connectivity index (χ3n) is 5.55. The van der Waals surface area contributed by atoms with E-state index in [0.717, 1.165) is 12.0 Å². The molecule has 1 aromatic carbocycles. The van der Waals surface area contributed by atoms with Gasteiger partial charge in [0.1, 0.15) is 0 Å². The van der Waals surface area contributed by atoms with Crippen LogP contribution in [0, 0.1) is 35.5 Å². The summed E-state index contributed by atoms with van der Waals surface area (Å²) < 4.78 is 0. The maximum absolute atomic E-state index is 12.6. The van der Waals surface area contributed by atoms with Gasteiger partial charge in [0.2, 0.25) is 5.91 Å². The van der Waals surface area contributed by atoms with Crippen molar-refractivity contribution in [3.05, 3.63) is 48.0 Å². The molecule has 4 nitrogen and oxygen atoms in total. The highest BCUT2D eigenvalue weighted by atomic mass is 16.4. The van der Waals surface area contributed by atoms with Crippen LogP contribution in [0.15, 0.2) is 42.5 Å². The summed E-state index contributed by atoms with van der Waals surface area (Å²) in [5.74, 6) is -0.751. The number of carboxylic acids is 1. The Morgan fingerprint density at radius 3 is 2.32 bits per heavy atom. The largest absolute Gasteiger partial charge is 0.481 e. The van der Waals surface area contributed by atoms with E-state index in [1.165, 1.54) is 0 Å². The molecule has 4 aliphatic carbocycles. The van der Waals surface area contributed by atoms with Crippen LogP contribution in [0.1, 0.15) is 12.0 Å². The van der Waals surface area contributed by atoms with Crippen molar-refractivity contribution in [1.29, 1.82) is 0 Å². The maximum Gasteiger partial charge on any atom is 0.307 e. The maximum atomic E-state index is 12.6. The van der Waals surface area contributed by atoms with Crippen LogP contribution >= 0.6 is 0 Å². The third-order valence-corrected chi connectivity index (χ3v) is 5.55. The van der Waals surface area contributed by atoms with Crippen LogP contribution in [0.25, 0.3) is 0 Å². The molecule has 2 N–H and O–H groups in total. The molecule has 2 fully saturated rings. The van der Waals surface area contributed by atoms with Gasteiger partial charge in [-0.1, -0.05) is 42.5 Å². The molecule has 0 spiro atoms. The summed E-state index contributed by atoms with van der Waals surface area (Å²) in [6, 6.07) is 9.71. The van der Waals surface area contributed by atoms with Gasteiger partial charge in [-0.3, -0.25) is 9.59 Å². The van der Waals surface area contributed by atoms with Crippen molar-refractivity contribution in [2.75, 3.05) is 0 Å². The Morgan fingerprint density at radius 1 is 1.05 bits per heavy atom. The highest BCUT2D eigenvalue weighted by Crippen LogP contribution is 2.63. The molecule has 1 aromatic rings. The van der Waals surface area contributed by atoms with Crippen LogP contribution in [0.4, 0.5) is 0 Å². The number of carbonyl (C=O) groups is 2. The number of carbonyl (C=O) groups excluding carboxylic acids is 1. The van der Waals surface area contributed by atoms with Gasteiger partial charge >= 0.3 is 5.97 Å². The number of amides is 1. The zero-order valence-corrected chi connectivity index (χ0v) is 12.2. The first-order chi connectivity index (χ1) is 10.7. The second-order valence-corrected chi connectivity index (χ2v) is 6.70. The minimum absolute atomic E-state index is 0.0416. The highest BCUT2D eigenvalue weighted by Gasteiger charge is 2.62. The average molecular weight is 297 g/mol. The lowest BCUT2D eigenvalue weighted by Gasteiger charge is -2.41. The van der Waals surface area contributed by atoms with Gasteiger partial charge in [0.05, 0.1) is 11.8 Å². The first-order valence-electron chi connectivity index (χ1n) is 7.89. The van der Waals surface area contributed by atoms with Crippen molar-refractivity contribution in [2.45, 2.75) is 13.0 Å². The molecule has 2 saturated carbocycles. The lowest BCUT2D eigenvalue weighted by molar-refractivity contribution is -0.153. The Morgan fingerprint density at radius 2 is 1.68 bits per heavy atom. The fraction of sp³-hybridized carbons (Fsp3) is 0.444. The summed E-state index contributed by atoms with van der Waals surface area (Å²) in [5.41, 5.74) is 1.03. The molecule has 4 heteroatoms. The van der Waals surface area contributed by atoms with E-state index in [1.807, 2.05) is 36.4 Å². The van der Waals surface area contributed by atoms with E-state index in [2.05, 4.69) is 11.4 Å². The molecule has 0 aliphatic heterocycles. The number of rotatable bonds is 4. The normalized spacial score (nSPS) is 37.5. The minimum atomic E-state index is -0.829. The molecule has 0 unspecified atom stereocenters. The molecule has 2 bridgehead atoms. The smallest absolute Gasteiger partial charge is 0.307 e. The van der Waals surface area contributed by atoms with E-state index in [9.17, 15) is 14.7 Å². The standard InChI is InChI=1S/C18H19NO3/c20-17(19-9-10-4-2-1-3-5-10)15-11-6-7-12(14-8-13(11)14)16(15)18(21)22/h1-7,11-16H,8-9H2,(H,19,20)(H,21,22)/t11-,12-,13-,14+,15+,16+/m0/s1. The summed E-state index contributed by atoms with van der Waals surface area (Å²) in [7, 11) is 0. The molecule has 4 aliphatic rings. The predicted molar refractivity (Wildman–Crippen MR) is 80.6 cm³/mol. The molecule has 0 saturated heterocycles. The van der Waals surface area contributed by atoms with Gasteiger partial charge in [0.15, 0.2) is 0 Å². The van der Waals surface area contributed by atoms with Gasteiger partial charge in [0, 0.05) is 6.54 Å². The van der Waals surface area contributed by atoms with Gasteiger partial charge in [-0.2, -0.15) is 0 Å². The lowest BCUT2D eigenvalue weighted by atomic mass is 9.62. The van der Waals surface area contributed by atoms with Crippen LogP contribution in [0.2, 0.25) is 0 Å². The number of allylic oxidation sites excluding steroid dienone is 2. The second-order valence-electron chi connectivity index (χ2n) is 6.70. The number of carboxylic acid groups (broad SMARTS) is 1. The number of benzene rings is 1. The fourth-order valence-electron chi connectivity index (χ4n) is 4.47. The summed E-state index contributed by atoms with van der Waals surface area (Å²) >= 11 is 0. The molecule has 22 heavy (non-hydrogen) atoms. The summed E-state index contributed by atoms with van der Waals surface area (Å²) in [6.07, 6.45) is 5.21. The number of fused-ring (bicyclic) bond motifs is 1. The quantitative estimate of drug-likeness (QED) is 0.836. The zero-order chi connectivity index (χ0) is 15.3.